The summed E-state index contributed by atoms with van der Waals surface area (Å²) in [5, 5.41) is 7.64. The molecule has 0 saturated carbocycles. The maximum absolute atomic E-state index is 13.0. The van der Waals surface area contributed by atoms with E-state index in [0.29, 0.717) is 43.9 Å². The second-order valence-corrected chi connectivity index (χ2v) is 8.25. The van der Waals surface area contributed by atoms with E-state index in [0.717, 1.165) is 11.4 Å². The van der Waals surface area contributed by atoms with Gasteiger partial charge in [-0.15, -0.1) is 0 Å². The van der Waals surface area contributed by atoms with Gasteiger partial charge in [-0.25, -0.2) is 4.98 Å². The second-order valence-electron chi connectivity index (χ2n) is 8.25. The molecule has 8 heteroatoms. The zero-order chi connectivity index (χ0) is 20.8. The van der Waals surface area contributed by atoms with E-state index >= 15 is 0 Å². The van der Waals surface area contributed by atoms with Crippen LogP contribution in [0.2, 0.25) is 0 Å². The van der Waals surface area contributed by atoms with Gasteiger partial charge in [0.15, 0.2) is 0 Å². The topological polar surface area (TPSA) is 83.4 Å². The number of amides is 2. The van der Waals surface area contributed by atoms with Gasteiger partial charge in [0.2, 0.25) is 5.91 Å². The molecule has 2 aromatic rings. The number of piperidine rings is 1. The van der Waals surface area contributed by atoms with Crippen molar-refractivity contribution >= 4 is 17.6 Å². The van der Waals surface area contributed by atoms with Crippen molar-refractivity contribution in [1.82, 2.24) is 25.0 Å². The molecule has 0 aromatic carbocycles. The standard InChI is InChI=1S/C21H28N6O2/c1-14(13-27-16(3)12-15(2)24-27)20(29)26-10-7-21(8-11-26)23-19(28)17-6-5-9-22-18(17)25(21)4/h5-6,9,12,14H,7-8,10-11,13H2,1-4H3,(H,23,28)/t14-/m0/s1. The fourth-order valence-electron chi connectivity index (χ4n) is 4.47. The summed E-state index contributed by atoms with van der Waals surface area (Å²) in [5.74, 6) is 0.594. The van der Waals surface area contributed by atoms with Crippen molar-refractivity contribution in [2.24, 2.45) is 5.92 Å². The molecule has 0 unspecified atom stereocenters. The maximum atomic E-state index is 13.0. The van der Waals surface area contributed by atoms with E-state index < -0.39 is 5.66 Å². The quantitative estimate of drug-likeness (QED) is 0.854. The Bertz CT molecular complexity index is 944. The van der Waals surface area contributed by atoms with Gasteiger partial charge in [0.25, 0.3) is 5.91 Å². The highest BCUT2D eigenvalue weighted by atomic mass is 16.2. The van der Waals surface area contributed by atoms with Crippen LogP contribution >= 0.6 is 0 Å². The zero-order valence-corrected chi connectivity index (χ0v) is 17.5. The second kappa shape index (κ2) is 7.17. The molecule has 0 radical (unpaired) electrons. The fraction of sp³-hybridized carbons (Fsp3) is 0.524. The van der Waals surface area contributed by atoms with Crippen LogP contribution in [0.15, 0.2) is 24.4 Å². The Balaban J connectivity index is 1.43. The Hall–Kier alpha value is -2.90. The first-order chi connectivity index (χ1) is 13.8. The van der Waals surface area contributed by atoms with Gasteiger partial charge in [-0.05, 0) is 32.0 Å². The van der Waals surface area contributed by atoms with Crippen LogP contribution in [-0.2, 0) is 11.3 Å². The van der Waals surface area contributed by atoms with E-state index in [9.17, 15) is 9.59 Å². The molecule has 1 spiro atoms. The summed E-state index contributed by atoms with van der Waals surface area (Å²) < 4.78 is 1.90. The SMILES string of the molecule is Cc1cc(C)n(C[C@H](C)C(=O)N2CCC3(CC2)NC(=O)c2cccnc2N3C)n1. The molecule has 2 aromatic heterocycles. The molecule has 1 atom stereocenters. The van der Waals surface area contributed by atoms with E-state index in [1.807, 2.05) is 43.5 Å². The van der Waals surface area contributed by atoms with Crippen LogP contribution in [0.25, 0.3) is 0 Å². The van der Waals surface area contributed by atoms with Crippen LogP contribution in [0.4, 0.5) is 5.82 Å². The van der Waals surface area contributed by atoms with Crippen molar-refractivity contribution in [2.45, 2.75) is 45.8 Å². The Morgan fingerprint density at radius 1 is 1.31 bits per heavy atom. The highest BCUT2D eigenvalue weighted by Gasteiger charge is 2.45. The smallest absolute Gasteiger partial charge is 0.256 e. The predicted molar refractivity (Wildman–Crippen MR) is 110 cm³/mol. The summed E-state index contributed by atoms with van der Waals surface area (Å²) in [6, 6.07) is 5.59. The first-order valence-corrected chi connectivity index (χ1v) is 10.1. The lowest BCUT2D eigenvalue weighted by atomic mass is 9.91. The number of rotatable bonds is 3. The highest BCUT2D eigenvalue weighted by Crippen LogP contribution is 2.35. The Labute approximate surface area is 170 Å². The van der Waals surface area contributed by atoms with Crippen molar-refractivity contribution < 1.29 is 9.59 Å². The minimum absolute atomic E-state index is 0.0936. The molecule has 2 aliphatic rings. The number of aromatic nitrogens is 3. The number of nitrogens with one attached hydrogen (secondary N) is 1. The Morgan fingerprint density at radius 3 is 2.69 bits per heavy atom. The molecular formula is C21H28N6O2. The molecule has 4 rings (SSSR count). The summed E-state index contributed by atoms with van der Waals surface area (Å²) in [7, 11) is 1.97. The molecule has 1 fully saturated rings. The minimum Gasteiger partial charge on any atom is -0.342 e. The van der Waals surface area contributed by atoms with Gasteiger partial charge in [-0.2, -0.15) is 5.10 Å². The summed E-state index contributed by atoms with van der Waals surface area (Å²) >= 11 is 0. The molecule has 1 N–H and O–H groups in total. The van der Waals surface area contributed by atoms with Crippen molar-refractivity contribution in [2.75, 3.05) is 25.0 Å². The van der Waals surface area contributed by atoms with Gasteiger partial charge in [0.1, 0.15) is 11.5 Å². The van der Waals surface area contributed by atoms with Crippen LogP contribution in [0.1, 0.15) is 41.5 Å². The number of carbonyl (C=O) groups excluding carboxylic acids is 2. The monoisotopic (exact) mass is 396 g/mol. The van der Waals surface area contributed by atoms with E-state index in [2.05, 4.69) is 20.3 Å². The van der Waals surface area contributed by atoms with Crippen molar-refractivity contribution in [3.63, 3.8) is 0 Å². The number of nitrogens with zero attached hydrogens (tertiary/aromatic N) is 5. The molecule has 29 heavy (non-hydrogen) atoms. The normalized spacial score (nSPS) is 19.1. The number of hydrogen-bond acceptors (Lipinski definition) is 5. The van der Waals surface area contributed by atoms with Gasteiger partial charge < -0.3 is 15.1 Å². The van der Waals surface area contributed by atoms with Crippen LogP contribution in [0, 0.1) is 19.8 Å². The number of fused-ring (bicyclic) bond motifs is 1. The van der Waals surface area contributed by atoms with E-state index in [4.69, 9.17) is 0 Å². The molecule has 2 aliphatic heterocycles. The lowest BCUT2D eigenvalue weighted by Crippen LogP contribution is -2.67. The van der Waals surface area contributed by atoms with Gasteiger partial charge >= 0.3 is 0 Å². The van der Waals surface area contributed by atoms with Gasteiger partial charge in [-0.1, -0.05) is 6.92 Å². The fourth-order valence-corrected chi connectivity index (χ4v) is 4.47. The number of pyridine rings is 1. The summed E-state index contributed by atoms with van der Waals surface area (Å²) in [6.07, 6.45) is 3.05. The Kier molecular flexibility index (Phi) is 4.80. The van der Waals surface area contributed by atoms with E-state index in [1.165, 1.54) is 0 Å². The summed E-state index contributed by atoms with van der Waals surface area (Å²) in [5.41, 5.74) is 2.14. The molecule has 8 nitrogen and oxygen atoms in total. The molecule has 154 valence electrons. The van der Waals surface area contributed by atoms with Crippen molar-refractivity contribution in [3.8, 4) is 0 Å². The van der Waals surface area contributed by atoms with Crippen molar-refractivity contribution in [1.29, 1.82) is 0 Å². The third-order valence-corrected chi connectivity index (χ3v) is 6.21. The summed E-state index contributed by atoms with van der Waals surface area (Å²) in [4.78, 5) is 34.0. The van der Waals surface area contributed by atoms with Gasteiger partial charge in [0.05, 0.1) is 23.7 Å². The van der Waals surface area contributed by atoms with Crippen LogP contribution in [-0.4, -0.2) is 57.3 Å². The minimum atomic E-state index is -0.492. The molecule has 2 amide bonds. The number of likely N-dealkylation sites (tertiary alicyclic amines) is 1. The average molecular weight is 396 g/mol. The number of carbonyl (C=O) groups is 2. The van der Waals surface area contributed by atoms with Crippen LogP contribution in [0.3, 0.4) is 0 Å². The zero-order valence-electron chi connectivity index (χ0n) is 17.5. The van der Waals surface area contributed by atoms with E-state index in [1.54, 1.807) is 18.3 Å². The predicted octanol–water partition coefficient (Wildman–Crippen LogP) is 1.73. The lowest BCUT2D eigenvalue weighted by molar-refractivity contribution is -0.137. The van der Waals surface area contributed by atoms with Gasteiger partial charge in [-0.3, -0.25) is 14.3 Å². The molecule has 4 heterocycles. The molecular weight excluding hydrogens is 368 g/mol. The highest BCUT2D eigenvalue weighted by molar-refractivity contribution is 6.01. The first-order valence-electron chi connectivity index (χ1n) is 10.1. The van der Waals surface area contributed by atoms with Crippen LogP contribution in [0.5, 0.6) is 0 Å². The van der Waals surface area contributed by atoms with Crippen LogP contribution < -0.4 is 10.2 Å². The Morgan fingerprint density at radius 2 is 2.03 bits per heavy atom. The third-order valence-electron chi connectivity index (χ3n) is 6.21. The van der Waals surface area contributed by atoms with E-state index in [-0.39, 0.29) is 17.7 Å². The average Bonchev–Trinajstić information content (AvgIpc) is 3.03. The van der Waals surface area contributed by atoms with Crippen molar-refractivity contribution in [3.05, 3.63) is 41.3 Å². The first kappa shape index (κ1) is 19.4. The van der Waals surface area contributed by atoms with Gasteiger partial charge in [0, 0.05) is 44.9 Å². The third kappa shape index (κ3) is 3.36. The summed E-state index contributed by atoms with van der Waals surface area (Å²) in [6.45, 7) is 7.71. The molecule has 1 saturated heterocycles. The number of aryl methyl sites for hydroxylation is 2. The number of anilines is 1. The molecule has 0 bridgehead atoms. The lowest BCUT2D eigenvalue weighted by Gasteiger charge is -2.50. The molecule has 0 aliphatic carbocycles. The largest absolute Gasteiger partial charge is 0.342 e. The number of hydrogen-bond donors (Lipinski definition) is 1. The maximum Gasteiger partial charge on any atom is 0.256 e.